The molecule has 1 aliphatic heterocycles. The van der Waals surface area contributed by atoms with Crippen molar-refractivity contribution in [1.29, 1.82) is 0 Å². The number of anilines is 1. The van der Waals surface area contributed by atoms with Crippen molar-refractivity contribution in [2.45, 2.75) is 32.8 Å². The van der Waals surface area contributed by atoms with E-state index in [-0.39, 0.29) is 17.9 Å². The van der Waals surface area contributed by atoms with Crippen molar-refractivity contribution in [3.05, 3.63) is 24.3 Å². The van der Waals surface area contributed by atoms with E-state index in [1.54, 1.807) is 6.07 Å². The molecule has 2 rings (SSSR count). The van der Waals surface area contributed by atoms with Gasteiger partial charge in [-0.25, -0.2) is 12.7 Å². The number of nitrogens with zero attached hydrogens (tertiary/aromatic N) is 1. The summed E-state index contributed by atoms with van der Waals surface area (Å²) in [6.07, 6.45) is 2.29. The van der Waals surface area contributed by atoms with Gasteiger partial charge in [-0.2, -0.15) is 0 Å². The lowest BCUT2D eigenvalue weighted by atomic mass is 9.97. The van der Waals surface area contributed by atoms with E-state index in [0.29, 0.717) is 37.4 Å². The third kappa shape index (κ3) is 4.94. The van der Waals surface area contributed by atoms with Gasteiger partial charge >= 0.3 is 0 Å². The zero-order valence-electron chi connectivity index (χ0n) is 13.8. The van der Waals surface area contributed by atoms with Crippen LogP contribution in [0.3, 0.4) is 0 Å². The van der Waals surface area contributed by atoms with Gasteiger partial charge in [0.05, 0.1) is 18.0 Å². The summed E-state index contributed by atoms with van der Waals surface area (Å²) in [4.78, 5) is 12.4. The van der Waals surface area contributed by atoms with E-state index >= 15 is 0 Å². The van der Waals surface area contributed by atoms with Gasteiger partial charge in [-0.15, -0.1) is 0 Å². The van der Waals surface area contributed by atoms with E-state index in [2.05, 4.69) is 5.32 Å². The Kier molecular flexibility index (Phi) is 5.64. The van der Waals surface area contributed by atoms with Gasteiger partial charge in [-0.1, -0.05) is 12.1 Å². The lowest BCUT2D eigenvalue weighted by molar-refractivity contribution is -0.120. The molecule has 1 aromatic carbocycles. The van der Waals surface area contributed by atoms with Crippen LogP contribution >= 0.6 is 0 Å². The normalized spacial score (nSPS) is 17.2. The molecule has 1 heterocycles. The van der Waals surface area contributed by atoms with Gasteiger partial charge in [0, 0.05) is 19.0 Å². The third-order valence-corrected chi connectivity index (χ3v) is 5.10. The number of hydrogen-bond acceptors (Lipinski definition) is 4. The lowest BCUT2D eigenvalue weighted by Crippen LogP contribution is -2.40. The minimum Gasteiger partial charge on any atom is -0.489 e. The molecule has 0 saturated carbocycles. The molecule has 0 bridgehead atoms. The van der Waals surface area contributed by atoms with Gasteiger partial charge in [-0.05, 0) is 38.8 Å². The van der Waals surface area contributed by atoms with Crippen LogP contribution in [0.25, 0.3) is 0 Å². The first kappa shape index (κ1) is 17.7. The minimum absolute atomic E-state index is 0.0195. The molecule has 0 spiro atoms. The fraction of sp³-hybridized carbons (Fsp3) is 0.562. The highest BCUT2D eigenvalue weighted by Crippen LogP contribution is 2.27. The Morgan fingerprint density at radius 3 is 2.43 bits per heavy atom. The molecule has 0 unspecified atom stereocenters. The fourth-order valence-corrected chi connectivity index (χ4v) is 3.49. The predicted octanol–water partition coefficient (Wildman–Crippen LogP) is 2.08. The van der Waals surface area contributed by atoms with Crippen molar-refractivity contribution in [3.63, 3.8) is 0 Å². The number of sulfonamides is 1. The lowest BCUT2D eigenvalue weighted by Gasteiger charge is -2.29. The number of hydrogen-bond donors (Lipinski definition) is 1. The molecule has 0 aromatic heterocycles. The van der Waals surface area contributed by atoms with Crippen LogP contribution in [0.2, 0.25) is 0 Å². The number of rotatable bonds is 5. The van der Waals surface area contributed by atoms with Crippen molar-refractivity contribution in [2.75, 3.05) is 24.7 Å². The van der Waals surface area contributed by atoms with Crippen LogP contribution in [0.1, 0.15) is 26.7 Å². The summed E-state index contributed by atoms with van der Waals surface area (Å²) in [6.45, 7) is 4.64. The molecule has 23 heavy (non-hydrogen) atoms. The smallest absolute Gasteiger partial charge is 0.227 e. The van der Waals surface area contributed by atoms with Gasteiger partial charge in [0.1, 0.15) is 5.75 Å². The summed E-state index contributed by atoms with van der Waals surface area (Å²) >= 11 is 0. The van der Waals surface area contributed by atoms with E-state index in [9.17, 15) is 13.2 Å². The van der Waals surface area contributed by atoms with E-state index in [4.69, 9.17) is 4.74 Å². The first-order chi connectivity index (χ1) is 10.8. The number of amides is 1. The summed E-state index contributed by atoms with van der Waals surface area (Å²) < 4.78 is 30.1. The second-order valence-corrected chi connectivity index (χ2v) is 8.07. The second kappa shape index (κ2) is 7.31. The van der Waals surface area contributed by atoms with Crippen LogP contribution in [0.5, 0.6) is 5.75 Å². The number of piperidine rings is 1. The highest BCUT2D eigenvalue weighted by atomic mass is 32.2. The van der Waals surface area contributed by atoms with Crippen LogP contribution in [0.15, 0.2) is 24.3 Å². The topological polar surface area (TPSA) is 75.7 Å². The number of para-hydroxylation sites is 2. The fourth-order valence-electron chi connectivity index (χ4n) is 2.61. The first-order valence-electron chi connectivity index (χ1n) is 7.79. The Hall–Kier alpha value is -1.60. The maximum Gasteiger partial charge on any atom is 0.227 e. The average Bonchev–Trinajstić information content (AvgIpc) is 2.48. The number of ether oxygens (including phenoxy) is 1. The highest BCUT2D eigenvalue weighted by Gasteiger charge is 2.29. The van der Waals surface area contributed by atoms with Crippen molar-refractivity contribution in [3.8, 4) is 5.75 Å². The van der Waals surface area contributed by atoms with Crippen molar-refractivity contribution < 1.29 is 17.9 Å². The minimum atomic E-state index is -3.17. The van der Waals surface area contributed by atoms with E-state index in [1.807, 2.05) is 32.0 Å². The molecule has 0 atom stereocenters. The first-order valence-corrected chi connectivity index (χ1v) is 9.64. The van der Waals surface area contributed by atoms with Crippen LogP contribution in [-0.2, 0) is 14.8 Å². The molecule has 6 nitrogen and oxygen atoms in total. The van der Waals surface area contributed by atoms with Crippen molar-refractivity contribution in [1.82, 2.24) is 4.31 Å². The largest absolute Gasteiger partial charge is 0.489 e. The molecule has 1 fully saturated rings. The van der Waals surface area contributed by atoms with E-state index in [1.165, 1.54) is 10.6 Å². The van der Waals surface area contributed by atoms with Gasteiger partial charge in [0.25, 0.3) is 0 Å². The highest BCUT2D eigenvalue weighted by molar-refractivity contribution is 7.88. The van der Waals surface area contributed by atoms with Crippen molar-refractivity contribution in [2.24, 2.45) is 5.92 Å². The predicted molar refractivity (Wildman–Crippen MR) is 90.0 cm³/mol. The van der Waals surface area contributed by atoms with Gasteiger partial charge in [0.15, 0.2) is 0 Å². The Morgan fingerprint density at radius 2 is 1.87 bits per heavy atom. The maximum atomic E-state index is 12.4. The van der Waals surface area contributed by atoms with Gasteiger partial charge < -0.3 is 10.1 Å². The van der Waals surface area contributed by atoms with Crippen LogP contribution in [-0.4, -0.2) is 44.1 Å². The molecular weight excluding hydrogens is 316 g/mol. The quantitative estimate of drug-likeness (QED) is 0.890. The monoisotopic (exact) mass is 340 g/mol. The molecule has 7 heteroatoms. The molecular formula is C16H24N2O4S. The molecule has 1 amide bonds. The summed E-state index contributed by atoms with van der Waals surface area (Å²) in [7, 11) is -3.17. The summed E-state index contributed by atoms with van der Waals surface area (Å²) in [6, 6.07) is 7.33. The summed E-state index contributed by atoms with van der Waals surface area (Å²) in [5.41, 5.74) is 0.650. The molecule has 1 aromatic rings. The summed E-state index contributed by atoms with van der Waals surface area (Å²) in [5.74, 6) is 0.377. The summed E-state index contributed by atoms with van der Waals surface area (Å²) in [5, 5.41) is 2.91. The molecule has 0 aliphatic carbocycles. The van der Waals surface area contributed by atoms with Crippen LogP contribution in [0.4, 0.5) is 5.69 Å². The maximum absolute atomic E-state index is 12.4. The van der Waals surface area contributed by atoms with Crippen molar-refractivity contribution >= 4 is 21.6 Å². The third-order valence-electron chi connectivity index (χ3n) is 3.80. The zero-order valence-corrected chi connectivity index (χ0v) is 14.6. The van der Waals surface area contributed by atoms with E-state index in [0.717, 1.165) is 0 Å². The number of carbonyl (C=O) groups excluding carboxylic acids is 1. The number of nitrogens with one attached hydrogen (secondary N) is 1. The van der Waals surface area contributed by atoms with Crippen LogP contribution in [0, 0.1) is 5.92 Å². The Labute approximate surface area is 137 Å². The standard InChI is InChI=1S/C16H24N2O4S/c1-12(2)22-15-7-5-4-6-14(15)17-16(19)13-8-10-18(11-9-13)23(3,20)21/h4-7,12-13H,8-11H2,1-3H3,(H,17,19). The van der Waals surface area contributed by atoms with Gasteiger partial charge in [0.2, 0.25) is 15.9 Å². The number of benzene rings is 1. The molecule has 1 saturated heterocycles. The molecule has 1 aliphatic rings. The average molecular weight is 340 g/mol. The van der Waals surface area contributed by atoms with E-state index < -0.39 is 10.0 Å². The Morgan fingerprint density at radius 1 is 1.26 bits per heavy atom. The SMILES string of the molecule is CC(C)Oc1ccccc1NC(=O)C1CCN(S(C)(=O)=O)CC1. The molecule has 128 valence electrons. The Bertz CT molecular complexity index is 650. The number of carbonyl (C=O) groups is 1. The second-order valence-electron chi connectivity index (χ2n) is 6.09. The molecule has 1 N–H and O–H groups in total. The van der Waals surface area contributed by atoms with Crippen LogP contribution < -0.4 is 10.1 Å². The molecule has 0 radical (unpaired) electrons. The Balaban J connectivity index is 1.98. The van der Waals surface area contributed by atoms with Gasteiger partial charge in [-0.3, -0.25) is 4.79 Å². The zero-order chi connectivity index (χ0) is 17.0.